The average Bonchev–Trinajstić information content (AvgIpc) is 2.81. The maximum atomic E-state index is 12.9. The molecule has 2 nitrogen and oxygen atoms in total. The molecule has 1 aromatic heterocycles. The van der Waals surface area contributed by atoms with E-state index in [0.29, 0.717) is 11.4 Å². The Morgan fingerprint density at radius 2 is 2.24 bits per heavy atom. The Balaban J connectivity index is 2.19. The second-order valence-corrected chi connectivity index (χ2v) is 4.25. The summed E-state index contributed by atoms with van der Waals surface area (Å²) in [6, 6.07) is 6.47. The van der Waals surface area contributed by atoms with Crippen LogP contribution in [0.5, 0.6) is 0 Å². The van der Waals surface area contributed by atoms with Gasteiger partial charge in [-0.1, -0.05) is 17.7 Å². The van der Waals surface area contributed by atoms with Gasteiger partial charge in [0.05, 0.1) is 12.5 Å². The molecule has 0 aliphatic carbocycles. The Morgan fingerprint density at radius 1 is 1.41 bits per heavy atom. The second kappa shape index (κ2) is 5.34. The van der Waals surface area contributed by atoms with Crippen molar-refractivity contribution in [3.05, 3.63) is 58.8 Å². The van der Waals surface area contributed by atoms with Crippen LogP contribution in [-0.2, 0) is 6.42 Å². The predicted molar refractivity (Wildman–Crippen MR) is 65.6 cm³/mol. The Hall–Kier alpha value is -1.32. The van der Waals surface area contributed by atoms with Gasteiger partial charge >= 0.3 is 0 Å². The summed E-state index contributed by atoms with van der Waals surface area (Å²) in [6.45, 7) is 0. The fraction of sp³-hybridized carbons (Fsp3) is 0.231. The number of nitrogens with one attached hydrogen (secondary N) is 1. The first-order valence-corrected chi connectivity index (χ1v) is 5.72. The highest BCUT2D eigenvalue weighted by Gasteiger charge is 2.13. The normalized spacial score (nSPS) is 12.6. The van der Waals surface area contributed by atoms with Crippen LogP contribution in [-0.4, -0.2) is 7.05 Å². The number of halogens is 2. The summed E-state index contributed by atoms with van der Waals surface area (Å²) in [5.41, 5.74) is 1.96. The van der Waals surface area contributed by atoms with Crippen LogP contribution >= 0.6 is 11.6 Å². The molecule has 0 saturated carbocycles. The van der Waals surface area contributed by atoms with Gasteiger partial charge in [-0.25, -0.2) is 4.39 Å². The molecule has 1 N–H and O–H groups in total. The number of furan rings is 1. The van der Waals surface area contributed by atoms with Crippen molar-refractivity contribution in [1.82, 2.24) is 5.32 Å². The third-order valence-electron chi connectivity index (χ3n) is 2.73. The van der Waals surface area contributed by atoms with E-state index in [1.807, 2.05) is 13.1 Å². The van der Waals surface area contributed by atoms with Crippen molar-refractivity contribution in [1.29, 1.82) is 0 Å². The lowest BCUT2D eigenvalue weighted by Crippen LogP contribution is -2.18. The van der Waals surface area contributed by atoms with Crippen LogP contribution in [0, 0.1) is 5.82 Å². The van der Waals surface area contributed by atoms with E-state index in [1.54, 1.807) is 18.6 Å². The molecule has 0 spiro atoms. The van der Waals surface area contributed by atoms with E-state index in [0.717, 1.165) is 11.1 Å². The molecule has 0 amide bonds. The van der Waals surface area contributed by atoms with Crippen molar-refractivity contribution < 1.29 is 8.81 Å². The van der Waals surface area contributed by atoms with Crippen LogP contribution in [0.15, 0.2) is 41.2 Å². The van der Waals surface area contributed by atoms with Gasteiger partial charge in [0.1, 0.15) is 5.82 Å². The number of rotatable bonds is 4. The molecule has 1 atom stereocenters. The van der Waals surface area contributed by atoms with E-state index in [9.17, 15) is 4.39 Å². The largest absolute Gasteiger partial charge is 0.472 e. The smallest absolute Gasteiger partial charge is 0.124 e. The van der Waals surface area contributed by atoms with E-state index in [4.69, 9.17) is 16.0 Å². The Morgan fingerprint density at radius 3 is 2.82 bits per heavy atom. The summed E-state index contributed by atoms with van der Waals surface area (Å²) in [6.07, 6.45) is 4.01. The quantitative estimate of drug-likeness (QED) is 0.901. The van der Waals surface area contributed by atoms with Crippen molar-refractivity contribution >= 4 is 11.6 Å². The van der Waals surface area contributed by atoms with E-state index in [-0.39, 0.29) is 11.9 Å². The minimum absolute atomic E-state index is 0.108. The molecule has 90 valence electrons. The van der Waals surface area contributed by atoms with Gasteiger partial charge in [-0.3, -0.25) is 0 Å². The third-order valence-corrected chi connectivity index (χ3v) is 3.09. The fourth-order valence-electron chi connectivity index (χ4n) is 1.77. The highest BCUT2D eigenvalue weighted by atomic mass is 35.5. The lowest BCUT2D eigenvalue weighted by molar-refractivity contribution is 0.542. The minimum Gasteiger partial charge on any atom is -0.472 e. The van der Waals surface area contributed by atoms with Crippen molar-refractivity contribution in [2.45, 2.75) is 12.5 Å². The summed E-state index contributed by atoms with van der Waals surface area (Å²) in [4.78, 5) is 0. The summed E-state index contributed by atoms with van der Waals surface area (Å²) in [7, 11) is 1.87. The van der Waals surface area contributed by atoms with Gasteiger partial charge in [0, 0.05) is 16.6 Å². The SMILES string of the molecule is CNC(Cc1ccc(F)cc1Cl)c1ccoc1. The highest BCUT2D eigenvalue weighted by Crippen LogP contribution is 2.24. The molecule has 1 heterocycles. The van der Waals surface area contributed by atoms with Crippen molar-refractivity contribution in [2.24, 2.45) is 0 Å². The van der Waals surface area contributed by atoms with Gasteiger partial charge in [0.15, 0.2) is 0 Å². The molecule has 2 rings (SSSR count). The average molecular weight is 254 g/mol. The molecule has 1 unspecified atom stereocenters. The van der Waals surface area contributed by atoms with Crippen LogP contribution in [0.25, 0.3) is 0 Å². The number of hydrogen-bond acceptors (Lipinski definition) is 2. The lowest BCUT2D eigenvalue weighted by atomic mass is 10.0. The van der Waals surface area contributed by atoms with E-state index >= 15 is 0 Å². The molecule has 0 fully saturated rings. The third kappa shape index (κ3) is 2.87. The molecule has 1 aromatic carbocycles. The molecule has 0 radical (unpaired) electrons. The highest BCUT2D eigenvalue weighted by molar-refractivity contribution is 6.31. The molecule has 0 bridgehead atoms. The number of likely N-dealkylation sites (N-methyl/N-ethyl adjacent to an activating group) is 1. The summed E-state index contributed by atoms with van der Waals surface area (Å²) < 4.78 is 18.0. The molecular formula is C13H13ClFNO. The molecule has 4 heteroatoms. The van der Waals surface area contributed by atoms with Gasteiger partial charge in [0.25, 0.3) is 0 Å². The molecule has 2 aromatic rings. The maximum Gasteiger partial charge on any atom is 0.124 e. The van der Waals surface area contributed by atoms with E-state index < -0.39 is 0 Å². The van der Waals surface area contributed by atoms with Crippen LogP contribution in [0.1, 0.15) is 17.2 Å². The first-order chi connectivity index (χ1) is 8.20. The fourth-order valence-corrected chi connectivity index (χ4v) is 2.01. The van der Waals surface area contributed by atoms with Crippen molar-refractivity contribution in [2.75, 3.05) is 7.05 Å². The monoisotopic (exact) mass is 253 g/mol. The predicted octanol–water partition coefficient (Wildman–Crippen LogP) is 3.58. The minimum atomic E-state index is -0.317. The summed E-state index contributed by atoms with van der Waals surface area (Å²) in [5.74, 6) is -0.317. The van der Waals surface area contributed by atoms with Crippen molar-refractivity contribution in [3.63, 3.8) is 0 Å². The van der Waals surface area contributed by atoms with E-state index in [1.165, 1.54) is 12.1 Å². The lowest BCUT2D eigenvalue weighted by Gasteiger charge is -2.15. The van der Waals surface area contributed by atoms with Crippen LogP contribution in [0.4, 0.5) is 4.39 Å². The van der Waals surface area contributed by atoms with Crippen LogP contribution < -0.4 is 5.32 Å². The van der Waals surface area contributed by atoms with Gasteiger partial charge in [-0.15, -0.1) is 0 Å². The zero-order valence-electron chi connectivity index (χ0n) is 9.41. The molecule has 0 aliphatic rings. The van der Waals surface area contributed by atoms with Gasteiger partial charge in [-0.2, -0.15) is 0 Å². The van der Waals surface area contributed by atoms with Crippen LogP contribution in [0.3, 0.4) is 0 Å². The summed E-state index contributed by atoms with van der Waals surface area (Å²) >= 11 is 6.00. The van der Waals surface area contributed by atoms with Gasteiger partial charge < -0.3 is 9.73 Å². The van der Waals surface area contributed by atoms with Crippen LogP contribution in [0.2, 0.25) is 5.02 Å². The van der Waals surface area contributed by atoms with E-state index in [2.05, 4.69) is 5.32 Å². The molecule has 0 saturated heterocycles. The Labute approximate surface area is 104 Å². The molecular weight excluding hydrogens is 241 g/mol. The topological polar surface area (TPSA) is 25.2 Å². The standard InChI is InChI=1S/C13H13ClFNO/c1-16-13(10-4-5-17-8-10)6-9-2-3-11(15)7-12(9)14/h2-5,7-8,13,16H,6H2,1H3. The molecule has 0 aliphatic heterocycles. The summed E-state index contributed by atoms with van der Waals surface area (Å²) in [5, 5.41) is 3.63. The Bertz CT molecular complexity index is 484. The first kappa shape index (κ1) is 12.1. The van der Waals surface area contributed by atoms with Gasteiger partial charge in [-0.05, 0) is 37.2 Å². The number of hydrogen-bond donors (Lipinski definition) is 1. The maximum absolute atomic E-state index is 12.9. The second-order valence-electron chi connectivity index (χ2n) is 3.84. The zero-order valence-corrected chi connectivity index (χ0v) is 10.2. The first-order valence-electron chi connectivity index (χ1n) is 5.34. The number of benzene rings is 1. The van der Waals surface area contributed by atoms with Crippen molar-refractivity contribution in [3.8, 4) is 0 Å². The van der Waals surface area contributed by atoms with Gasteiger partial charge in [0.2, 0.25) is 0 Å². The Kier molecular flexibility index (Phi) is 3.82. The zero-order chi connectivity index (χ0) is 12.3. The molecule has 17 heavy (non-hydrogen) atoms.